The molecule has 0 saturated carbocycles. The fourth-order valence-electron chi connectivity index (χ4n) is 2.80. The van der Waals surface area contributed by atoms with E-state index in [-0.39, 0.29) is 11.6 Å². The van der Waals surface area contributed by atoms with Crippen molar-refractivity contribution >= 4 is 21.6 Å². The zero-order valence-electron chi connectivity index (χ0n) is 14.4. The highest BCUT2D eigenvalue weighted by atomic mass is 32.1. The summed E-state index contributed by atoms with van der Waals surface area (Å²) in [7, 11) is 0. The van der Waals surface area contributed by atoms with Gasteiger partial charge in [-0.2, -0.15) is 0 Å². The molecule has 0 aliphatic rings. The van der Waals surface area contributed by atoms with E-state index in [1.165, 1.54) is 11.3 Å². The summed E-state index contributed by atoms with van der Waals surface area (Å²) in [5, 5.41) is 4.97. The average Bonchev–Trinajstić information content (AvgIpc) is 3.00. The Bertz CT molecular complexity index is 867. The first-order valence-corrected chi connectivity index (χ1v) is 9.34. The lowest BCUT2D eigenvalue weighted by molar-refractivity contribution is -0.694. The standard InChI is InChI=1S/C19H23N3OS/c1-12(2)9-10-20-13(3)17-21-18(23)16-15(11-24-19(16)22-17)14-7-5-4-6-8-14/h4-8,11-13,20H,9-10H2,1-3H3,(H,21,22,23)/p+1/t13-/m0/s1. The number of thiophene rings is 1. The highest BCUT2D eigenvalue weighted by Crippen LogP contribution is 2.30. The molecule has 0 radical (unpaired) electrons. The fourth-order valence-corrected chi connectivity index (χ4v) is 3.76. The van der Waals surface area contributed by atoms with E-state index in [9.17, 15) is 4.79 Å². The largest absolute Gasteiger partial charge is 0.338 e. The van der Waals surface area contributed by atoms with Crippen molar-refractivity contribution < 1.29 is 5.32 Å². The molecule has 126 valence electrons. The van der Waals surface area contributed by atoms with Crippen LogP contribution in [0.3, 0.4) is 0 Å². The number of H-pyrrole nitrogens is 1. The van der Waals surface area contributed by atoms with E-state index in [2.05, 4.69) is 31.1 Å². The second-order valence-corrected chi connectivity index (χ2v) is 7.50. The maximum atomic E-state index is 12.6. The van der Waals surface area contributed by atoms with Crippen LogP contribution in [-0.4, -0.2) is 16.5 Å². The number of rotatable bonds is 6. The minimum absolute atomic E-state index is 0.0424. The first-order valence-electron chi connectivity index (χ1n) is 8.46. The SMILES string of the molecule is CC(C)CC[NH2+][C@@H](C)c1nc2scc(-c3ccccc3)c2c(=O)[nH]1. The molecular formula is C19H24N3OS+. The number of aromatic nitrogens is 2. The van der Waals surface area contributed by atoms with Gasteiger partial charge in [-0.3, -0.25) is 4.79 Å². The lowest BCUT2D eigenvalue weighted by Crippen LogP contribution is -2.85. The number of aromatic amines is 1. The Labute approximate surface area is 146 Å². The van der Waals surface area contributed by atoms with Crippen LogP contribution in [0.1, 0.15) is 39.1 Å². The third-order valence-corrected chi connectivity index (χ3v) is 5.11. The van der Waals surface area contributed by atoms with Gasteiger partial charge in [0.15, 0.2) is 5.82 Å². The third kappa shape index (κ3) is 3.57. The highest BCUT2D eigenvalue weighted by molar-refractivity contribution is 7.17. The minimum Gasteiger partial charge on any atom is -0.338 e. The van der Waals surface area contributed by atoms with Gasteiger partial charge in [-0.05, 0) is 24.8 Å². The van der Waals surface area contributed by atoms with E-state index in [4.69, 9.17) is 4.98 Å². The van der Waals surface area contributed by atoms with Gasteiger partial charge < -0.3 is 10.3 Å². The first-order chi connectivity index (χ1) is 11.6. The predicted molar refractivity (Wildman–Crippen MR) is 100 cm³/mol. The lowest BCUT2D eigenvalue weighted by Gasteiger charge is -2.11. The summed E-state index contributed by atoms with van der Waals surface area (Å²) >= 11 is 1.54. The van der Waals surface area contributed by atoms with E-state index in [0.29, 0.717) is 11.3 Å². The number of nitrogens with one attached hydrogen (secondary N) is 1. The Morgan fingerprint density at radius 2 is 1.96 bits per heavy atom. The Kier molecular flexibility index (Phi) is 5.11. The minimum atomic E-state index is -0.0424. The van der Waals surface area contributed by atoms with Crippen LogP contribution < -0.4 is 10.9 Å². The van der Waals surface area contributed by atoms with Crippen molar-refractivity contribution in [1.82, 2.24) is 9.97 Å². The van der Waals surface area contributed by atoms with Crippen molar-refractivity contribution in [2.45, 2.75) is 33.2 Å². The summed E-state index contributed by atoms with van der Waals surface area (Å²) in [6, 6.07) is 10.2. The Morgan fingerprint density at radius 1 is 1.21 bits per heavy atom. The molecule has 0 unspecified atom stereocenters. The Hall–Kier alpha value is -1.98. The molecule has 0 bridgehead atoms. The molecule has 0 aliphatic carbocycles. The molecule has 1 aromatic carbocycles. The summed E-state index contributed by atoms with van der Waals surface area (Å²) < 4.78 is 0. The maximum Gasteiger partial charge on any atom is 0.260 e. The second-order valence-electron chi connectivity index (χ2n) is 6.64. The summed E-state index contributed by atoms with van der Waals surface area (Å²) in [5.74, 6) is 1.45. The number of quaternary nitrogens is 1. The van der Waals surface area contributed by atoms with Crippen molar-refractivity contribution in [3.05, 3.63) is 51.9 Å². The molecule has 2 heterocycles. The molecule has 0 saturated heterocycles. The van der Waals surface area contributed by atoms with Crippen LogP contribution in [0, 0.1) is 5.92 Å². The maximum absolute atomic E-state index is 12.6. The molecule has 5 heteroatoms. The quantitative estimate of drug-likeness (QED) is 0.722. The summed E-state index contributed by atoms with van der Waals surface area (Å²) in [6.07, 6.45) is 1.16. The number of nitrogens with two attached hydrogens (primary N) is 1. The van der Waals surface area contributed by atoms with Crippen LogP contribution in [-0.2, 0) is 0 Å². The summed E-state index contributed by atoms with van der Waals surface area (Å²) in [6.45, 7) is 7.58. The van der Waals surface area contributed by atoms with Crippen LogP contribution in [0.15, 0.2) is 40.5 Å². The first kappa shape index (κ1) is 16.9. The van der Waals surface area contributed by atoms with Crippen LogP contribution >= 0.6 is 11.3 Å². The number of fused-ring (bicyclic) bond motifs is 1. The monoisotopic (exact) mass is 342 g/mol. The molecule has 0 spiro atoms. The van der Waals surface area contributed by atoms with Crippen molar-refractivity contribution in [2.24, 2.45) is 5.92 Å². The van der Waals surface area contributed by atoms with E-state index in [1.807, 2.05) is 35.7 Å². The van der Waals surface area contributed by atoms with Gasteiger partial charge in [-0.25, -0.2) is 4.98 Å². The van der Waals surface area contributed by atoms with Crippen LogP contribution in [0.4, 0.5) is 0 Å². The highest BCUT2D eigenvalue weighted by Gasteiger charge is 2.17. The lowest BCUT2D eigenvalue weighted by atomic mass is 10.1. The predicted octanol–water partition coefficient (Wildman–Crippen LogP) is 3.32. The Balaban J connectivity index is 1.91. The molecule has 2 aromatic heterocycles. The number of benzene rings is 1. The summed E-state index contributed by atoms with van der Waals surface area (Å²) in [4.78, 5) is 21.2. The normalized spacial score (nSPS) is 12.8. The van der Waals surface area contributed by atoms with Gasteiger partial charge in [-0.15, -0.1) is 11.3 Å². The smallest absolute Gasteiger partial charge is 0.260 e. The van der Waals surface area contributed by atoms with Gasteiger partial charge in [-0.1, -0.05) is 44.2 Å². The fraction of sp³-hybridized carbons (Fsp3) is 0.368. The molecular weight excluding hydrogens is 318 g/mol. The molecule has 24 heavy (non-hydrogen) atoms. The topological polar surface area (TPSA) is 62.4 Å². The van der Waals surface area contributed by atoms with Gasteiger partial charge in [0.1, 0.15) is 10.9 Å². The van der Waals surface area contributed by atoms with E-state index in [0.717, 1.165) is 34.7 Å². The molecule has 0 amide bonds. The van der Waals surface area contributed by atoms with Gasteiger partial charge in [0.2, 0.25) is 0 Å². The van der Waals surface area contributed by atoms with E-state index >= 15 is 0 Å². The van der Waals surface area contributed by atoms with Crippen LogP contribution in [0.25, 0.3) is 21.3 Å². The number of hydrogen-bond acceptors (Lipinski definition) is 3. The zero-order valence-corrected chi connectivity index (χ0v) is 15.2. The van der Waals surface area contributed by atoms with E-state index in [1.54, 1.807) is 0 Å². The zero-order chi connectivity index (χ0) is 17.1. The van der Waals surface area contributed by atoms with Crippen molar-refractivity contribution in [1.29, 1.82) is 0 Å². The second kappa shape index (κ2) is 7.28. The number of nitrogens with zero attached hydrogens (tertiary/aromatic N) is 1. The van der Waals surface area contributed by atoms with Gasteiger partial charge in [0.25, 0.3) is 5.56 Å². The van der Waals surface area contributed by atoms with Gasteiger partial charge in [0, 0.05) is 10.9 Å². The molecule has 3 aromatic rings. The van der Waals surface area contributed by atoms with E-state index < -0.39 is 0 Å². The third-order valence-electron chi connectivity index (χ3n) is 4.24. The Morgan fingerprint density at radius 3 is 2.67 bits per heavy atom. The molecule has 1 atom stereocenters. The molecule has 0 fully saturated rings. The summed E-state index contributed by atoms with van der Waals surface area (Å²) in [5.41, 5.74) is 1.98. The van der Waals surface area contributed by atoms with Crippen LogP contribution in [0.2, 0.25) is 0 Å². The van der Waals surface area contributed by atoms with Gasteiger partial charge in [0.05, 0.1) is 11.9 Å². The molecule has 0 aliphatic heterocycles. The van der Waals surface area contributed by atoms with Crippen molar-refractivity contribution in [2.75, 3.05) is 6.54 Å². The van der Waals surface area contributed by atoms with Crippen molar-refractivity contribution in [3.8, 4) is 11.1 Å². The molecule has 3 N–H and O–H groups in total. The van der Waals surface area contributed by atoms with Gasteiger partial charge >= 0.3 is 0 Å². The van der Waals surface area contributed by atoms with Crippen molar-refractivity contribution in [3.63, 3.8) is 0 Å². The molecule has 4 nitrogen and oxygen atoms in total. The average molecular weight is 342 g/mol. The number of hydrogen-bond donors (Lipinski definition) is 2. The van der Waals surface area contributed by atoms with Crippen LogP contribution in [0.5, 0.6) is 0 Å². The molecule has 3 rings (SSSR count).